The van der Waals surface area contributed by atoms with Crippen molar-refractivity contribution in [2.45, 2.75) is 12.8 Å². The highest BCUT2D eigenvalue weighted by atomic mass is 35.5. The van der Waals surface area contributed by atoms with Crippen molar-refractivity contribution < 1.29 is 9.66 Å². The van der Waals surface area contributed by atoms with Gasteiger partial charge in [-0.3, -0.25) is 10.1 Å². The second-order valence-corrected chi connectivity index (χ2v) is 3.42. The maximum Gasteiger partial charge on any atom is 0.311 e. The molecular weight excluding hydrogens is 232 g/mol. The zero-order valence-electron chi connectivity index (χ0n) is 8.35. The SMILES string of the molecule is N#CCCCOc1cc(Cl)ccc1[N+](=O)[O-]. The third-order valence-electron chi connectivity index (χ3n) is 1.81. The number of unbranched alkanes of at least 4 members (excludes halogenated alkanes) is 1. The molecule has 6 heteroatoms. The van der Waals surface area contributed by atoms with Gasteiger partial charge in [0.25, 0.3) is 0 Å². The summed E-state index contributed by atoms with van der Waals surface area (Å²) in [6.07, 6.45) is 0.883. The minimum absolute atomic E-state index is 0.124. The fourth-order valence-corrected chi connectivity index (χ4v) is 1.25. The van der Waals surface area contributed by atoms with Crippen molar-refractivity contribution in [1.82, 2.24) is 0 Å². The van der Waals surface area contributed by atoms with Gasteiger partial charge in [0.1, 0.15) is 0 Å². The molecule has 0 aliphatic rings. The number of benzene rings is 1. The van der Waals surface area contributed by atoms with Crippen LogP contribution in [0.3, 0.4) is 0 Å². The van der Waals surface area contributed by atoms with E-state index >= 15 is 0 Å². The van der Waals surface area contributed by atoms with Gasteiger partial charge in [-0.05, 0) is 12.5 Å². The van der Waals surface area contributed by atoms with Crippen molar-refractivity contribution in [3.05, 3.63) is 33.3 Å². The Labute approximate surface area is 97.4 Å². The van der Waals surface area contributed by atoms with E-state index in [1.165, 1.54) is 18.2 Å². The van der Waals surface area contributed by atoms with Crippen LogP contribution < -0.4 is 4.74 Å². The summed E-state index contributed by atoms with van der Waals surface area (Å²) in [5.74, 6) is 0.135. The van der Waals surface area contributed by atoms with Gasteiger partial charge in [-0.25, -0.2) is 0 Å². The van der Waals surface area contributed by atoms with Crippen LogP contribution in [-0.2, 0) is 0 Å². The summed E-state index contributed by atoms with van der Waals surface area (Å²) in [4.78, 5) is 10.1. The zero-order chi connectivity index (χ0) is 12.0. The zero-order valence-corrected chi connectivity index (χ0v) is 9.11. The summed E-state index contributed by atoms with van der Waals surface area (Å²) in [5.41, 5.74) is -0.124. The molecule has 0 N–H and O–H groups in total. The van der Waals surface area contributed by atoms with Crippen LogP contribution in [-0.4, -0.2) is 11.5 Å². The second kappa shape index (κ2) is 5.93. The fourth-order valence-electron chi connectivity index (χ4n) is 1.09. The highest BCUT2D eigenvalue weighted by Crippen LogP contribution is 2.29. The molecule has 0 radical (unpaired) electrons. The summed E-state index contributed by atoms with van der Waals surface area (Å²) in [7, 11) is 0. The van der Waals surface area contributed by atoms with Gasteiger partial charge >= 0.3 is 5.69 Å². The van der Waals surface area contributed by atoms with Gasteiger partial charge < -0.3 is 4.74 Å². The van der Waals surface area contributed by atoms with Crippen LogP contribution in [0.4, 0.5) is 5.69 Å². The number of hydrogen-bond acceptors (Lipinski definition) is 4. The Hall–Kier alpha value is -1.80. The lowest BCUT2D eigenvalue weighted by Crippen LogP contribution is -2.00. The Bertz CT molecular complexity index is 429. The third kappa shape index (κ3) is 3.41. The molecular formula is C10H9ClN2O3. The van der Waals surface area contributed by atoms with Crippen molar-refractivity contribution in [1.29, 1.82) is 5.26 Å². The van der Waals surface area contributed by atoms with Gasteiger partial charge in [0.05, 0.1) is 17.6 Å². The molecule has 5 nitrogen and oxygen atoms in total. The van der Waals surface area contributed by atoms with Gasteiger partial charge in [0, 0.05) is 23.6 Å². The van der Waals surface area contributed by atoms with E-state index in [2.05, 4.69) is 0 Å². The summed E-state index contributed by atoms with van der Waals surface area (Å²) >= 11 is 5.71. The number of nitriles is 1. The Morgan fingerprint density at radius 3 is 2.94 bits per heavy atom. The van der Waals surface area contributed by atoms with Crippen molar-refractivity contribution in [3.8, 4) is 11.8 Å². The second-order valence-electron chi connectivity index (χ2n) is 2.98. The van der Waals surface area contributed by atoms with Gasteiger partial charge in [-0.15, -0.1) is 0 Å². The molecule has 0 aromatic heterocycles. The summed E-state index contributed by atoms with van der Waals surface area (Å²) in [6, 6.07) is 6.08. The van der Waals surface area contributed by atoms with Crippen LogP contribution in [0.25, 0.3) is 0 Å². The average molecular weight is 241 g/mol. The quantitative estimate of drug-likeness (QED) is 0.450. The molecule has 0 amide bonds. The average Bonchev–Trinajstić information content (AvgIpc) is 2.24. The molecule has 0 bridgehead atoms. The van der Waals surface area contributed by atoms with E-state index in [9.17, 15) is 10.1 Å². The molecule has 84 valence electrons. The van der Waals surface area contributed by atoms with E-state index in [0.29, 0.717) is 17.9 Å². The number of halogens is 1. The largest absolute Gasteiger partial charge is 0.487 e. The first kappa shape index (κ1) is 12.3. The highest BCUT2D eigenvalue weighted by Gasteiger charge is 2.14. The molecule has 0 heterocycles. The number of ether oxygens (including phenoxy) is 1. The number of nitro benzene ring substituents is 1. The summed E-state index contributed by atoms with van der Waals surface area (Å²) in [6.45, 7) is 0.259. The molecule has 0 atom stereocenters. The first-order valence-electron chi connectivity index (χ1n) is 4.59. The minimum atomic E-state index is -0.532. The Morgan fingerprint density at radius 2 is 2.31 bits per heavy atom. The molecule has 0 aliphatic heterocycles. The van der Waals surface area contributed by atoms with E-state index in [1.807, 2.05) is 6.07 Å². The first-order valence-corrected chi connectivity index (χ1v) is 4.96. The van der Waals surface area contributed by atoms with Crippen LogP contribution in [0.5, 0.6) is 5.75 Å². The lowest BCUT2D eigenvalue weighted by atomic mass is 10.3. The maximum absolute atomic E-state index is 10.7. The Balaban J connectivity index is 2.73. The molecule has 0 saturated heterocycles. The van der Waals surface area contributed by atoms with E-state index in [4.69, 9.17) is 21.6 Å². The summed E-state index contributed by atoms with van der Waals surface area (Å²) < 4.78 is 5.20. The first-order chi connectivity index (χ1) is 7.65. The molecule has 16 heavy (non-hydrogen) atoms. The number of rotatable bonds is 5. The highest BCUT2D eigenvalue weighted by molar-refractivity contribution is 6.30. The van der Waals surface area contributed by atoms with Crippen LogP contribution in [0, 0.1) is 21.4 Å². The normalized spacial score (nSPS) is 9.50. The lowest BCUT2D eigenvalue weighted by molar-refractivity contribution is -0.385. The smallest absolute Gasteiger partial charge is 0.311 e. The van der Waals surface area contributed by atoms with Gasteiger partial charge in [-0.2, -0.15) is 5.26 Å². The van der Waals surface area contributed by atoms with Crippen LogP contribution >= 0.6 is 11.6 Å². The molecule has 1 aromatic carbocycles. The molecule has 0 unspecified atom stereocenters. The van der Waals surface area contributed by atoms with Gasteiger partial charge in [0.2, 0.25) is 0 Å². The van der Waals surface area contributed by atoms with Crippen molar-refractivity contribution in [2.75, 3.05) is 6.61 Å². The third-order valence-corrected chi connectivity index (χ3v) is 2.04. The number of nitro groups is 1. The molecule has 1 aromatic rings. The molecule has 0 saturated carbocycles. The van der Waals surface area contributed by atoms with Crippen LogP contribution in [0.2, 0.25) is 5.02 Å². The van der Waals surface area contributed by atoms with Crippen molar-refractivity contribution in [3.63, 3.8) is 0 Å². The predicted octanol–water partition coefficient (Wildman–Crippen LogP) is 2.93. The van der Waals surface area contributed by atoms with Gasteiger partial charge in [0.15, 0.2) is 5.75 Å². The number of nitrogens with zero attached hydrogens (tertiary/aromatic N) is 2. The van der Waals surface area contributed by atoms with Crippen molar-refractivity contribution >= 4 is 17.3 Å². The maximum atomic E-state index is 10.7. The van der Waals surface area contributed by atoms with E-state index in [0.717, 1.165) is 0 Å². The molecule has 0 spiro atoms. The van der Waals surface area contributed by atoms with Gasteiger partial charge in [-0.1, -0.05) is 11.6 Å². The predicted molar refractivity (Wildman–Crippen MR) is 58.4 cm³/mol. The standard InChI is InChI=1S/C10H9ClN2O3/c11-8-3-4-9(13(14)15)10(7-8)16-6-2-1-5-12/h3-4,7H,1-2,6H2. The fraction of sp³-hybridized carbons (Fsp3) is 0.300. The lowest BCUT2D eigenvalue weighted by Gasteiger charge is -2.05. The molecule has 1 rings (SSSR count). The minimum Gasteiger partial charge on any atom is -0.487 e. The van der Waals surface area contributed by atoms with E-state index in [-0.39, 0.29) is 18.0 Å². The molecule has 0 aliphatic carbocycles. The van der Waals surface area contributed by atoms with E-state index < -0.39 is 4.92 Å². The topological polar surface area (TPSA) is 76.2 Å². The summed E-state index contributed by atoms with van der Waals surface area (Å²) in [5, 5.41) is 19.3. The molecule has 0 fully saturated rings. The van der Waals surface area contributed by atoms with Crippen LogP contribution in [0.15, 0.2) is 18.2 Å². The Morgan fingerprint density at radius 1 is 1.56 bits per heavy atom. The van der Waals surface area contributed by atoms with Crippen LogP contribution in [0.1, 0.15) is 12.8 Å². The number of hydrogen-bond donors (Lipinski definition) is 0. The Kier molecular flexibility index (Phi) is 4.55. The van der Waals surface area contributed by atoms with Crippen molar-refractivity contribution in [2.24, 2.45) is 0 Å². The monoisotopic (exact) mass is 240 g/mol. The van der Waals surface area contributed by atoms with E-state index in [1.54, 1.807) is 0 Å².